The molecule has 4 nitrogen and oxygen atoms in total. The van der Waals surface area contributed by atoms with Gasteiger partial charge in [0.1, 0.15) is 11.4 Å². The summed E-state index contributed by atoms with van der Waals surface area (Å²) >= 11 is 0. The van der Waals surface area contributed by atoms with Crippen molar-refractivity contribution in [1.29, 1.82) is 0 Å². The van der Waals surface area contributed by atoms with Crippen molar-refractivity contribution < 1.29 is 13.5 Å². The van der Waals surface area contributed by atoms with E-state index in [-0.39, 0.29) is 22.9 Å². The zero-order chi connectivity index (χ0) is 18.6. The molecule has 2 aromatic heterocycles. The molecule has 0 aliphatic carbocycles. The number of nitrogens with zero attached hydrogens (tertiary/aromatic N) is 2. The van der Waals surface area contributed by atoms with Crippen molar-refractivity contribution in [2.45, 2.75) is 46.1 Å². The molecule has 136 valence electrons. The molecule has 0 saturated heterocycles. The fourth-order valence-electron chi connectivity index (χ4n) is 2.80. The number of halogens is 2. The first-order chi connectivity index (χ1) is 11.7. The van der Waals surface area contributed by atoms with Crippen LogP contribution in [0.15, 0.2) is 30.5 Å². The summed E-state index contributed by atoms with van der Waals surface area (Å²) in [6, 6.07) is 6.80. The van der Waals surface area contributed by atoms with Crippen LogP contribution in [0, 0.1) is 12.8 Å². The number of nitrogens with two attached hydrogens (primary N) is 1. The van der Waals surface area contributed by atoms with E-state index in [2.05, 4.69) is 9.97 Å². The summed E-state index contributed by atoms with van der Waals surface area (Å²) in [6.07, 6.45) is -0.340. The van der Waals surface area contributed by atoms with Crippen LogP contribution >= 0.6 is 0 Å². The number of ether oxygens (including phenoxy) is 1. The topological polar surface area (TPSA) is 61.0 Å². The number of pyridine rings is 2. The maximum absolute atomic E-state index is 13.4. The maximum Gasteiger partial charge on any atom is 0.284 e. The summed E-state index contributed by atoms with van der Waals surface area (Å²) in [5, 5.41) is 0. The Morgan fingerprint density at radius 3 is 2.56 bits per heavy atom. The van der Waals surface area contributed by atoms with Crippen LogP contribution in [0.1, 0.15) is 45.0 Å². The van der Waals surface area contributed by atoms with Gasteiger partial charge in [-0.2, -0.15) is 0 Å². The third-order valence-electron chi connectivity index (χ3n) is 3.68. The van der Waals surface area contributed by atoms with E-state index in [0.717, 1.165) is 17.7 Å². The molecule has 0 aromatic carbocycles. The van der Waals surface area contributed by atoms with Crippen LogP contribution in [-0.4, -0.2) is 22.1 Å². The van der Waals surface area contributed by atoms with Gasteiger partial charge in [-0.25, -0.2) is 13.8 Å². The van der Waals surface area contributed by atoms with Gasteiger partial charge in [-0.15, -0.1) is 0 Å². The predicted molar refractivity (Wildman–Crippen MR) is 94.7 cm³/mol. The van der Waals surface area contributed by atoms with Crippen molar-refractivity contribution in [3.8, 4) is 17.0 Å². The Kier molecular flexibility index (Phi) is 6.06. The zero-order valence-corrected chi connectivity index (χ0v) is 15.1. The average molecular weight is 349 g/mol. The van der Waals surface area contributed by atoms with Crippen molar-refractivity contribution >= 4 is 0 Å². The monoisotopic (exact) mass is 349 g/mol. The number of aryl methyl sites for hydroxylation is 1. The van der Waals surface area contributed by atoms with Crippen molar-refractivity contribution in [2.24, 2.45) is 11.7 Å². The molecular weight excluding hydrogens is 324 g/mol. The third-order valence-corrected chi connectivity index (χ3v) is 3.68. The molecule has 0 fully saturated rings. The maximum atomic E-state index is 13.4. The van der Waals surface area contributed by atoms with Crippen LogP contribution < -0.4 is 10.5 Å². The molecule has 0 aliphatic rings. The Labute approximate surface area is 147 Å². The summed E-state index contributed by atoms with van der Waals surface area (Å²) in [6.45, 7) is 8.01. The van der Waals surface area contributed by atoms with Crippen LogP contribution in [0.25, 0.3) is 11.3 Å². The Morgan fingerprint density at radius 2 is 1.96 bits per heavy atom. The summed E-state index contributed by atoms with van der Waals surface area (Å²) < 4.78 is 32.5. The van der Waals surface area contributed by atoms with Gasteiger partial charge in [-0.05, 0) is 57.4 Å². The van der Waals surface area contributed by atoms with E-state index in [4.69, 9.17) is 10.5 Å². The summed E-state index contributed by atoms with van der Waals surface area (Å²) in [4.78, 5) is 8.22. The normalized spacial score (nSPS) is 13.1. The quantitative estimate of drug-likeness (QED) is 0.798. The lowest BCUT2D eigenvalue weighted by Gasteiger charge is -2.23. The molecule has 0 saturated carbocycles. The van der Waals surface area contributed by atoms with Crippen molar-refractivity contribution in [3.63, 3.8) is 0 Å². The van der Waals surface area contributed by atoms with Gasteiger partial charge in [0.2, 0.25) is 0 Å². The highest BCUT2D eigenvalue weighted by molar-refractivity contribution is 5.60. The molecule has 0 spiro atoms. The SMILES string of the molecule is Cc1cc(-c2ccc(OCC(C)CC(C)(C)N)c(C(F)F)n2)ccn1. The van der Waals surface area contributed by atoms with Gasteiger partial charge in [-0.1, -0.05) is 6.92 Å². The van der Waals surface area contributed by atoms with Gasteiger partial charge in [0.05, 0.1) is 12.3 Å². The third kappa shape index (κ3) is 5.74. The molecule has 0 amide bonds. The lowest BCUT2D eigenvalue weighted by molar-refractivity contribution is 0.136. The highest BCUT2D eigenvalue weighted by Crippen LogP contribution is 2.31. The molecule has 0 bridgehead atoms. The molecule has 1 atom stereocenters. The van der Waals surface area contributed by atoms with Gasteiger partial charge in [0.25, 0.3) is 6.43 Å². The molecule has 6 heteroatoms. The van der Waals surface area contributed by atoms with Crippen LogP contribution in [-0.2, 0) is 0 Å². The van der Waals surface area contributed by atoms with Gasteiger partial charge >= 0.3 is 0 Å². The van der Waals surface area contributed by atoms with Crippen LogP contribution in [0.2, 0.25) is 0 Å². The van der Waals surface area contributed by atoms with Gasteiger partial charge < -0.3 is 10.5 Å². The molecule has 2 aromatic rings. The second-order valence-corrected chi connectivity index (χ2v) is 7.18. The lowest BCUT2D eigenvalue weighted by Crippen LogP contribution is -2.35. The first-order valence-corrected chi connectivity index (χ1v) is 8.29. The fraction of sp³-hybridized carbons (Fsp3) is 0.474. The van der Waals surface area contributed by atoms with E-state index >= 15 is 0 Å². The molecule has 2 heterocycles. The zero-order valence-electron chi connectivity index (χ0n) is 15.1. The van der Waals surface area contributed by atoms with E-state index in [0.29, 0.717) is 12.3 Å². The molecular formula is C19H25F2N3O. The van der Waals surface area contributed by atoms with Crippen LogP contribution in [0.4, 0.5) is 8.78 Å². The summed E-state index contributed by atoms with van der Waals surface area (Å²) in [7, 11) is 0. The van der Waals surface area contributed by atoms with Crippen LogP contribution in [0.3, 0.4) is 0 Å². The lowest BCUT2D eigenvalue weighted by atomic mass is 9.93. The molecule has 1 unspecified atom stereocenters. The van der Waals surface area contributed by atoms with E-state index in [1.54, 1.807) is 24.4 Å². The number of aromatic nitrogens is 2. The smallest absolute Gasteiger partial charge is 0.284 e. The highest BCUT2D eigenvalue weighted by atomic mass is 19.3. The number of rotatable bonds is 7. The first-order valence-electron chi connectivity index (χ1n) is 8.29. The van der Waals surface area contributed by atoms with Crippen molar-refractivity contribution in [3.05, 3.63) is 41.9 Å². The van der Waals surface area contributed by atoms with Gasteiger partial charge in [-0.3, -0.25) is 4.98 Å². The Bertz CT molecular complexity index is 714. The van der Waals surface area contributed by atoms with E-state index < -0.39 is 6.43 Å². The summed E-state index contributed by atoms with van der Waals surface area (Å²) in [5.41, 5.74) is 7.35. The Morgan fingerprint density at radius 1 is 1.24 bits per heavy atom. The standard InChI is InChI=1S/C19H25F2N3O/c1-12(10-19(3,4)22)11-25-16-6-5-15(24-17(16)18(20)21)14-7-8-23-13(2)9-14/h5-9,12,18H,10-11,22H2,1-4H3. The Hall–Kier alpha value is -2.08. The minimum atomic E-state index is -2.71. The minimum Gasteiger partial charge on any atom is -0.491 e. The number of hydrogen-bond acceptors (Lipinski definition) is 4. The molecule has 0 aliphatic heterocycles. The molecule has 2 N–H and O–H groups in total. The number of hydrogen-bond donors (Lipinski definition) is 1. The average Bonchev–Trinajstić information content (AvgIpc) is 2.51. The minimum absolute atomic E-state index is 0.117. The molecule has 0 radical (unpaired) electrons. The van der Waals surface area contributed by atoms with Gasteiger partial charge in [0, 0.05) is 23.0 Å². The highest BCUT2D eigenvalue weighted by Gasteiger charge is 2.20. The second-order valence-electron chi connectivity index (χ2n) is 7.18. The van der Waals surface area contributed by atoms with Gasteiger partial charge in [0.15, 0.2) is 0 Å². The van der Waals surface area contributed by atoms with E-state index in [1.165, 1.54) is 0 Å². The summed E-state index contributed by atoms with van der Waals surface area (Å²) in [5.74, 6) is 0.263. The van der Waals surface area contributed by atoms with E-state index in [1.807, 2.05) is 33.8 Å². The first kappa shape index (κ1) is 19.2. The molecule has 2 rings (SSSR count). The largest absolute Gasteiger partial charge is 0.491 e. The van der Waals surface area contributed by atoms with Crippen molar-refractivity contribution in [1.82, 2.24) is 9.97 Å². The van der Waals surface area contributed by atoms with Crippen LogP contribution in [0.5, 0.6) is 5.75 Å². The second kappa shape index (κ2) is 7.87. The van der Waals surface area contributed by atoms with Crippen molar-refractivity contribution in [2.75, 3.05) is 6.61 Å². The Balaban J connectivity index is 2.19. The van der Waals surface area contributed by atoms with E-state index in [9.17, 15) is 8.78 Å². The predicted octanol–water partition coefficient (Wildman–Crippen LogP) is 4.53. The fourth-order valence-corrected chi connectivity index (χ4v) is 2.80. The number of alkyl halides is 2. The molecule has 25 heavy (non-hydrogen) atoms.